The Morgan fingerprint density at radius 3 is 2.67 bits per heavy atom. The maximum atomic E-state index is 11.8. The second-order valence-corrected chi connectivity index (χ2v) is 3.54. The number of hydrogen-bond donors (Lipinski definition) is 2. The lowest BCUT2D eigenvalue weighted by molar-refractivity contribution is 0.0790. The molecule has 0 saturated carbocycles. The zero-order chi connectivity index (χ0) is 11.4. The topological polar surface area (TPSA) is 75.0 Å². The molecular formula is C10H18N4O. The first-order chi connectivity index (χ1) is 7.11. The average Bonchev–Trinajstić information content (AvgIpc) is 2.59. The van der Waals surface area contributed by atoms with Crippen molar-refractivity contribution in [3.8, 4) is 0 Å². The minimum atomic E-state index is -0.120. The van der Waals surface area contributed by atoms with E-state index in [1.165, 1.54) is 0 Å². The van der Waals surface area contributed by atoms with E-state index < -0.39 is 0 Å². The number of H-pyrrole nitrogens is 1. The Hall–Kier alpha value is -1.52. The van der Waals surface area contributed by atoms with Gasteiger partial charge in [0.2, 0.25) is 0 Å². The van der Waals surface area contributed by atoms with E-state index in [-0.39, 0.29) is 5.91 Å². The van der Waals surface area contributed by atoms with E-state index in [0.29, 0.717) is 17.9 Å². The summed E-state index contributed by atoms with van der Waals surface area (Å²) in [6.45, 7) is 4.70. The Kier molecular flexibility index (Phi) is 3.71. The van der Waals surface area contributed by atoms with Crippen LogP contribution in [0.25, 0.3) is 0 Å². The van der Waals surface area contributed by atoms with Gasteiger partial charge in [-0.15, -0.1) is 0 Å². The third-order valence-corrected chi connectivity index (χ3v) is 2.34. The van der Waals surface area contributed by atoms with Gasteiger partial charge in [0, 0.05) is 13.6 Å². The van der Waals surface area contributed by atoms with Crippen molar-refractivity contribution >= 4 is 11.6 Å². The van der Waals surface area contributed by atoms with Crippen molar-refractivity contribution in [2.75, 3.05) is 19.3 Å². The minimum absolute atomic E-state index is 0.120. The van der Waals surface area contributed by atoms with Crippen molar-refractivity contribution < 1.29 is 4.79 Å². The third-order valence-electron chi connectivity index (χ3n) is 2.34. The molecule has 0 aliphatic carbocycles. The highest BCUT2D eigenvalue weighted by Crippen LogP contribution is 2.15. The highest BCUT2D eigenvalue weighted by molar-refractivity contribution is 5.97. The molecule has 15 heavy (non-hydrogen) atoms. The number of nitrogens with one attached hydrogen (secondary N) is 1. The number of aromatic amines is 1. The van der Waals surface area contributed by atoms with Crippen LogP contribution in [0.5, 0.6) is 0 Å². The van der Waals surface area contributed by atoms with Crippen LogP contribution in [0, 0.1) is 0 Å². The van der Waals surface area contributed by atoms with Crippen molar-refractivity contribution in [1.29, 1.82) is 0 Å². The van der Waals surface area contributed by atoms with Crippen LogP contribution in [0.1, 0.15) is 36.5 Å². The summed E-state index contributed by atoms with van der Waals surface area (Å²) in [4.78, 5) is 13.5. The van der Waals surface area contributed by atoms with Crippen molar-refractivity contribution in [1.82, 2.24) is 15.1 Å². The number of anilines is 1. The second kappa shape index (κ2) is 4.82. The third kappa shape index (κ3) is 2.29. The number of nitrogens with zero attached hydrogens (tertiary/aromatic N) is 2. The summed E-state index contributed by atoms with van der Waals surface area (Å²) < 4.78 is 0. The van der Waals surface area contributed by atoms with Gasteiger partial charge < -0.3 is 10.6 Å². The fourth-order valence-electron chi connectivity index (χ4n) is 1.44. The number of amides is 1. The minimum Gasteiger partial charge on any atom is -0.395 e. The molecule has 0 aliphatic rings. The number of hydrogen-bond acceptors (Lipinski definition) is 3. The molecule has 1 aromatic rings. The smallest absolute Gasteiger partial charge is 0.276 e. The summed E-state index contributed by atoms with van der Waals surface area (Å²) in [7, 11) is 1.76. The lowest BCUT2D eigenvalue weighted by Gasteiger charge is -2.14. The van der Waals surface area contributed by atoms with Crippen LogP contribution in [0.2, 0.25) is 0 Å². The molecule has 5 nitrogen and oxygen atoms in total. The van der Waals surface area contributed by atoms with Gasteiger partial charge in [-0.25, -0.2) is 0 Å². The second-order valence-electron chi connectivity index (χ2n) is 3.54. The highest BCUT2D eigenvalue weighted by atomic mass is 16.2. The Balaban J connectivity index is 2.86. The van der Waals surface area contributed by atoms with Gasteiger partial charge in [0.15, 0.2) is 5.69 Å². The van der Waals surface area contributed by atoms with Gasteiger partial charge >= 0.3 is 0 Å². The lowest BCUT2D eigenvalue weighted by atomic mass is 10.2. The number of carbonyl (C=O) groups excluding carboxylic acids is 1. The van der Waals surface area contributed by atoms with E-state index in [9.17, 15) is 4.79 Å². The molecule has 1 rings (SSSR count). The summed E-state index contributed by atoms with van der Waals surface area (Å²) in [5.74, 6) is -0.120. The first-order valence-electron chi connectivity index (χ1n) is 5.19. The van der Waals surface area contributed by atoms with Gasteiger partial charge in [-0.1, -0.05) is 13.8 Å². The Morgan fingerprint density at radius 2 is 2.20 bits per heavy atom. The zero-order valence-electron chi connectivity index (χ0n) is 9.50. The van der Waals surface area contributed by atoms with Gasteiger partial charge in [-0.05, 0) is 12.8 Å². The van der Waals surface area contributed by atoms with E-state index in [1.807, 2.05) is 13.8 Å². The van der Waals surface area contributed by atoms with Crippen LogP contribution in [-0.2, 0) is 6.42 Å². The Labute approximate surface area is 89.6 Å². The van der Waals surface area contributed by atoms with Crippen LogP contribution in [0.15, 0.2) is 0 Å². The van der Waals surface area contributed by atoms with Crippen LogP contribution in [0.3, 0.4) is 0 Å². The monoisotopic (exact) mass is 210 g/mol. The molecule has 84 valence electrons. The molecule has 5 heteroatoms. The Bertz CT molecular complexity index is 345. The van der Waals surface area contributed by atoms with Crippen LogP contribution in [-0.4, -0.2) is 34.6 Å². The van der Waals surface area contributed by atoms with Crippen LogP contribution < -0.4 is 5.73 Å². The van der Waals surface area contributed by atoms with Crippen molar-refractivity contribution in [2.24, 2.45) is 0 Å². The predicted octanol–water partition coefficient (Wildman–Crippen LogP) is 1.04. The number of nitrogen functional groups attached to an aromatic ring is 1. The first kappa shape index (κ1) is 11.6. The summed E-state index contributed by atoms with van der Waals surface area (Å²) in [5, 5.41) is 6.73. The molecule has 0 saturated heterocycles. The van der Waals surface area contributed by atoms with Gasteiger partial charge in [-0.2, -0.15) is 5.10 Å². The molecule has 0 spiro atoms. The molecule has 0 radical (unpaired) electrons. The normalized spacial score (nSPS) is 10.3. The first-order valence-corrected chi connectivity index (χ1v) is 5.19. The summed E-state index contributed by atoms with van der Waals surface area (Å²) in [5.41, 5.74) is 7.44. The number of carbonyl (C=O) groups is 1. The van der Waals surface area contributed by atoms with E-state index in [2.05, 4.69) is 10.2 Å². The molecular weight excluding hydrogens is 192 g/mol. The fraction of sp³-hybridized carbons (Fsp3) is 0.600. The number of aromatic nitrogens is 2. The SMILES string of the molecule is CCCN(C)C(=O)c1n[nH]c(CC)c1N. The van der Waals surface area contributed by atoms with Crippen LogP contribution in [0.4, 0.5) is 5.69 Å². The lowest BCUT2D eigenvalue weighted by Crippen LogP contribution is -2.28. The molecule has 1 aromatic heterocycles. The van der Waals surface area contributed by atoms with E-state index in [1.54, 1.807) is 11.9 Å². The van der Waals surface area contributed by atoms with Crippen molar-refractivity contribution in [2.45, 2.75) is 26.7 Å². The number of rotatable bonds is 4. The molecule has 1 amide bonds. The van der Waals surface area contributed by atoms with Crippen molar-refractivity contribution in [3.05, 3.63) is 11.4 Å². The van der Waals surface area contributed by atoms with E-state index in [4.69, 9.17) is 5.73 Å². The largest absolute Gasteiger partial charge is 0.395 e. The molecule has 0 aliphatic heterocycles. The standard InChI is InChI=1S/C10H18N4O/c1-4-6-14(3)10(15)9-8(11)7(5-2)12-13-9/h4-6,11H2,1-3H3,(H,12,13). The van der Waals surface area contributed by atoms with E-state index in [0.717, 1.165) is 18.5 Å². The van der Waals surface area contributed by atoms with Gasteiger partial charge in [0.05, 0.1) is 11.4 Å². The molecule has 3 N–H and O–H groups in total. The van der Waals surface area contributed by atoms with Gasteiger partial charge in [0.25, 0.3) is 5.91 Å². The number of aryl methyl sites for hydroxylation is 1. The summed E-state index contributed by atoms with van der Waals surface area (Å²) in [6, 6.07) is 0. The Morgan fingerprint density at radius 1 is 1.53 bits per heavy atom. The number of nitrogens with two attached hydrogens (primary N) is 1. The fourth-order valence-corrected chi connectivity index (χ4v) is 1.44. The quantitative estimate of drug-likeness (QED) is 0.779. The summed E-state index contributed by atoms with van der Waals surface area (Å²) in [6.07, 6.45) is 1.68. The van der Waals surface area contributed by atoms with Crippen LogP contribution >= 0.6 is 0 Å². The molecule has 0 aromatic carbocycles. The highest BCUT2D eigenvalue weighted by Gasteiger charge is 2.19. The molecule has 0 unspecified atom stereocenters. The van der Waals surface area contributed by atoms with Gasteiger partial charge in [-0.3, -0.25) is 9.89 Å². The van der Waals surface area contributed by atoms with Crippen molar-refractivity contribution in [3.63, 3.8) is 0 Å². The maximum Gasteiger partial charge on any atom is 0.276 e. The van der Waals surface area contributed by atoms with Gasteiger partial charge in [0.1, 0.15) is 0 Å². The van der Waals surface area contributed by atoms with E-state index >= 15 is 0 Å². The zero-order valence-corrected chi connectivity index (χ0v) is 9.50. The molecule has 0 bridgehead atoms. The molecule has 0 fully saturated rings. The average molecular weight is 210 g/mol. The molecule has 0 atom stereocenters. The predicted molar refractivity (Wildman–Crippen MR) is 59.6 cm³/mol. The maximum absolute atomic E-state index is 11.8. The molecule has 1 heterocycles. The summed E-state index contributed by atoms with van der Waals surface area (Å²) >= 11 is 0.